The Morgan fingerprint density at radius 1 is 1.36 bits per heavy atom. The highest BCUT2D eigenvalue weighted by atomic mass is 35.5. The van der Waals surface area contributed by atoms with Gasteiger partial charge in [0.05, 0.1) is 7.11 Å². The Morgan fingerprint density at radius 3 is 2.64 bits per heavy atom. The first-order chi connectivity index (χ1) is 6.63. The molecule has 0 heterocycles. The summed E-state index contributed by atoms with van der Waals surface area (Å²) in [5, 5.41) is 0.763. The summed E-state index contributed by atoms with van der Waals surface area (Å²) in [6.45, 7) is 0.997. The molecule has 78 valence electrons. The minimum absolute atomic E-state index is 0.763. The van der Waals surface area contributed by atoms with Crippen LogP contribution in [-0.2, 0) is 6.42 Å². The van der Waals surface area contributed by atoms with Crippen molar-refractivity contribution in [3.05, 3.63) is 28.8 Å². The van der Waals surface area contributed by atoms with E-state index in [1.165, 1.54) is 0 Å². The number of methoxy groups -OCH3 is 1. The Labute approximate surface area is 90.4 Å². The maximum Gasteiger partial charge on any atom is 0.122 e. The highest BCUT2D eigenvalue weighted by Crippen LogP contribution is 2.22. The van der Waals surface area contributed by atoms with Crippen molar-refractivity contribution in [2.24, 2.45) is 0 Å². The van der Waals surface area contributed by atoms with Crippen molar-refractivity contribution in [2.75, 3.05) is 27.7 Å². The van der Waals surface area contributed by atoms with Gasteiger partial charge >= 0.3 is 0 Å². The third-order valence-electron chi connectivity index (χ3n) is 2.07. The fourth-order valence-corrected chi connectivity index (χ4v) is 1.48. The number of ether oxygens (including phenoxy) is 1. The van der Waals surface area contributed by atoms with Gasteiger partial charge in [-0.25, -0.2) is 0 Å². The number of benzene rings is 1. The van der Waals surface area contributed by atoms with Crippen LogP contribution in [0, 0.1) is 0 Å². The highest BCUT2D eigenvalue weighted by Gasteiger charge is 2.03. The molecule has 0 bridgehead atoms. The first-order valence-corrected chi connectivity index (χ1v) is 4.98. The minimum Gasteiger partial charge on any atom is -0.496 e. The SMILES string of the molecule is COc1ccc(Cl)cc1CCN(C)C. The van der Waals surface area contributed by atoms with Crippen LogP contribution >= 0.6 is 11.6 Å². The number of likely N-dealkylation sites (N-methyl/N-ethyl adjacent to an activating group) is 1. The quantitative estimate of drug-likeness (QED) is 0.762. The Bertz CT molecular complexity index is 299. The maximum absolute atomic E-state index is 5.92. The summed E-state index contributed by atoms with van der Waals surface area (Å²) in [6.07, 6.45) is 0.955. The Kier molecular flexibility index (Phi) is 4.23. The molecule has 0 radical (unpaired) electrons. The van der Waals surface area contributed by atoms with Gasteiger partial charge in [0, 0.05) is 11.6 Å². The average Bonchev–Trinajstić information content (AvgIpc) is 2.15. The van der Waals surface area contributed by atoms with Gasteiger partial charge in [-0.1, -0.05) is 11.6 Å². The Morgan fingerprint density at radius 2 is 2.07 bits per heavy atom. The fraction of sp³-hybridized carbons (Fsp3) is 0.455. The van der Waals surface area contributed by atoms with Gasteiger partial charge in [-0.3, -0.25) is 0 Å². The van der Waals surface area contributed by atoms with Crippen molar-refractivity contribution in [3.63, 3.8) is 0 Å². The summed E-state index contributed by atoms with van der Waals surface area (Å²) in [6, 6.07) is 5.72. The van der Waals surface area contributed by atoms with Crippen LogP contribution in [0.4, 0.5) is 0 Å². The van der Waals surface area contributed by atoms with Crippen LogP contribution in [0.15, 0.2) is 18.2 Å². The van der Waals surface area contributed by atoms with E-state index in [1.54, 1.807) is 7.11 Å². The molecule has 0 saturated carbocycles. The summed E-state index contributed by atoms with van der Waals surface area (Å²) in [5.74, 6) is 0.913. The molecule has 0 unspecified atom stereocenters. The van der Waals surface area contributed by atoms with E-state index in [9.17, 15) is 0 Å². The van der Waals surface area contributed by atoms with E-state index in [4.69, 9.17) is 16.3 Å². The smallest absolute Gasteiger partial charge is 0.122 e. The summed E-state index contributed by atoms with van der Waals surface area (Å²) in [4.78, 5) is 2.14. The second-order valence-electron chi connectivity index (χ2n) is 3.51. The molecule has 0 aliphatic rings. The van der Waals surface area contributed by atoms with Crippen LogP contribution in [0.25, 0.3) is 0 Å². The normalized spacial score (nSPS) is 10.6. The molecule has 0 N–H and O–H groups in total. The molecular weight excluding hydrogens is 198 g/mol. The molecular formula is C11H16ClNO. The molecule has 1 rings (SSSR count). The Hall–Kier alpha value is -0.730. The zero-order chi connectivity index (χ0) is 10.6. The lowest BCUT2D eigenvalue weighted by atomic mass is 10.1. The molecule has 14 heavy (non-hydrogen) atoms. The highest BCUT2D eigenvalue weighted by molar-refractivity contribution is 6.30. The predicted octanol–water partition coefficient (Wildman–Crippen LogP) is 2.45. The van der Waals surface area contributed by atoms with Crippen LogP contribution < -0.4 is 4.74 Å². The zero-order valence-electron chi connectivity index (χ0n) is 8.88. The molecule has 0 aliphatic heterocycles. The van der Waals surface area contributed by atoms with Gasteiger partial charge in [-0.05, 0) is 44.3 Å². The van der Waals surface area contributed by atoms with Gasteiger partial charge in [0.2, 0.25) is 0 Å². The van der Waals surface area contributed by atoms with E-state index in [2.05, 4.69) is 19.0 Å². The molecule has 0 atom stereocenters. The molecule has 3 heteroatoms. The lowest BCUT2D eigenvalue weighted by molar-refractivity contribution is 0.392. The molecule has 1 aromatic carbocycles. The van der Waals surface area contributed by atoms with Crippen molar-refractivity contribution < 1.29 is 4.74 Å². The monoisotopic (exact) mass is 213 g/mol. The number of hydrogen-bond acceptors (Lipinski definition) is 2. The second-order valence-corrected chi connectivity index (χ2v) is 3.95. The zero-order valence-corrected chi connectivity index (χ0v) is 9.64. The van der Waals surface area contributed by atoms with Crippen molar-refractivity contribution in [1.29, 1.82) is 0 Å². The van der Waals surface area contributed by atoms with Crippen LogP contribution in [0.3, 0.4) is 0 Å². The van der Waals surface area contributed by atoms with Crippen LogP contribution in [-0.4, -0.2) is 32.6 Å². The first kappa shape index (κ1) is 11.3. The van der Waals surface area contributed by atoms with Gasteiger partial charge in [-0.15, -0.1) is 0 Å². The third-order valence-corrected chi connectivity index (χ3v) is 2.31. The van der Waals surface area contributed by atoms with E-state index in [0.29, 0.717) is 0 Å². The third kappa shape index (κ3) is 3.20. The van der Waals surface area contributed by atoms with Gasteiger partial charge in [-0.2, -0.15) is 0 Å². The summed E-state index contributed by atoms with van der Waals surface area (Å²) < 4.78 is 5.26. The van der Waals surface area contributed by atoms with Crippen molar-refractivity contribution in [1.82, 2.24) is 4.90 Å². The topological polar surface area (TPSA) is 12.5 Å². The van der Waals surface area contributed by atoms with Crippen molar-refractivity contribution in [3.8, 4) is 5.75 Å². The molecule has 0 spiro atoms. The van der Waals surface area contributed by atoms with Gasteiger partial charge < -0.3 is 9.64 Å². The van der Waals surface area contributed by atoms with Crippen LogP contribution in [0.2, 0.25) is 5.02 Å². The molecule has 0 aromatic heterocycles. The number of nitrogens with zero attached hydrogens (tertiary/aromatic N) is 1. The molecule has 0 aliphatic carbocycles. The second kappa shape index (κ2) is 5.23. The molecule has 0 amide bonds. The fourth-order valence-electron chi connectivity index (χ4n) is 1.29. The Balaban J connectivity index is 2.77. The molecule has 1 aromatic rings. The van der Waals surface area contributed by atoms with E-state index in [1.807, 2.05) is 18.2 Å². The van der Waals surface area contributed by atoms with Crippen molar-refractivity contribution >= 4 is 11.6 Å². The summed E-state index contributed by atoms with van der Waals surface area (Å²) >= 11 is 5.92. The summed E-state index contributed by atoms with van der Waals surface area (Å²) in [5.41, 5.74) is 1.16. The van der Waals surface area contributed by atoms with Crippen LogP contribution in [0.1, 0.15) is 5.56 Å². The maximum atomic E-state index is 5.92. The average molecular weight is 214 g/mol. The van der Waals surface area contributed by atoms with Gasteiger partial charge in [0.15, 0.2) is 0 Å². The van der Waals surface area contributed by atoms with Gasteiger partial charge in [0.1, 0.15) is 5.75 Å². The lowest BCUT2D eigenvalue weighted by Crippen LogP contribution is -2.15. The van der Waals surface area contributed by atoms with E-state index >= 15 is 0 Å². The number of hydrogen-bond donors (Lipinski definition) is 0. The lowest BCUT2D eigenvalue weighted by Gasteiger charge is -2.12. The standard InChI is InChI=1S/C11H16ClNO/c1-13(2)7-6-9-8-10(12)4-5-11(9)14-3/h4-5,8H,6-7H2,1-3H3. The number of rotatable bonds is 4. The minimum atomic E-state index is 0.763. The first-order valence-electron chi connectivity index (χ1n) is 4.60. The van der Waals surface area contributed by atoms with E-state index in [0.717, 1.165) is 29.3 Å². The largest absolute Gasteiger partial charge is 0.496 e. The van der Waals surface area contributed by atoms with E-state index in [-0.39, 0.29) is 0 Å². The molecule has 0 saturated heterocycles. The van der Waals surface area contributed by atoms with E-state index < -0.39 is 0 Å². The molecule has 0 fully saturated rings. The number of halogens is 1. The summed E-state index contributed by atoms with van der Waals surface area (Å²) in [7, 11) is 5.79. The van der Waals surface area contributed by atoms with Crippen molar-refractivity contribution in [2.45, 2.75) is 6.42 Å². The predicted molar refractivity (Wildman–Crippen MR) is 60.3 cm³/mol. The van der Waals surface area contributed by atoms with Gasteiger partial charge in [0.25, 0.3) is 0 Å². The molecule has 2 nitrogen and oxygen atoms in total. The van der Waals surface area contributed by atoms with Crippen LogP contribution in [0.5, 0.6) is 5.75 Å².